The van der Waals surface area contributed by atoms with E-state index in [-0.39, 0.29) is 12.5 Å². The summed E-state index contributed by atoms with van der Waals surface area (Å²) in [5, 5.41) is 1.34. The van der Waals surface area contributed by atoms with Crippen LogP contribution in [0.2, 0.25) is 0 Å². The summed E-state index contributed by atoms with van der Waals surface area (Å²) >= 11 is 0. The Hall–Kier alpha value is -0.650. The lowest BCUT2D eigenvalue weighted by Crippen LogP contribution is -2.30. The van der Waals surface area contributed by atoms with Crippen LogP contribution in [0, 0.1) is 0 Å². The lowest BCUT2D eigenvalue weighted by molar-refractivity contribution is -0.173. The zero-order chi connectivity index (χ0) is 8.81. The zero-order valence-corrected chi connectivity index (χ0v) is 6.99. The lowest BCUT2D eigenvalue weighted by Gasteiger charge is -2.13. The van der Waals surface area contributed by atoms with Gasteiger partial charge in [-0.3, -0.25) is 9.63 Å². The number of nitrogens with two attached hydrogens (primary N) is 1. The van der Waals surface area contributed by atoms with Crippen LogP contribution in [0.15, 0.2) is 0 Å². The Balaban J connectivity index is 2.10. The van der Waals surface area contributed by atoms with Gasteiger partial charge in [0.1, 0.15) is 6.61 Å². The van der Waals surface area contributed by atoms with Gasteiger partial charge < -0.3 is 10.5 Å². The maximum absolute atomic E-state index is 11.2. The molecule has 1 amide bonds. The van der Waals surface area contributed by atoms with Crippen molar-refractivity contribution < 1.29 is 14.4 Å². The third-order valence-corrected chi connectivity index (χ3v) is 1.52. The predicted octanol–water partition coefficient (Wildman–Crippen LogP) is -0.874. The standard InChI is InChI=1S/C7H14N2O3/c8-2-5-11-6-7(10)9-3-1-4-12-9/h1-6,8H2. The molecule has 1 saturated heterocycles. The summed E-state index contributed by atoms with van der Waals surface area (Å²) in [6.07, 6.45) is 0.905. The molecule has 1 rings (SSSR count). The van der Waals surface area contributed by atoms with Crippen LogP contribution in [-0.4, -0.2) is 43.9 Å². The maximum atomic E-state index is 11.2. The van der Waals surface area contributed by atoms with E-state index in [4.69, 9.17) is 15.3 Å². The average Bonchev–Trinajstić information content (AvgIpc) is 2.56. The molecular weight excluding hydrogens is 160 g/mol. The van der Waals surface area contributed by atoms with Crippen molar-refractivity contribution in [1.82, 2.24) is 5.06 Å². The fourth-order valence-electron chi connectivity index (χ4n) is 0.959. The third kappa shape index (κ3) is 2.77. The van der Waals surface area contributed by atoms with Crippen LogP contribution in [0.3, 0.4) is 0 Å². The number of hydroxylamine groups is 2. The first-order valence-electron chi connectivity index (χ1n) is 4.05. The highest BCUT2D eigenvalue weighted by molar-refractivity contribution is 5.76. The molecule has 0 aliphatic carbocycles. The van der Waals surface area contributed by atoms with E-state index in [0.717, 1.165) is 6.42 Å². The van der Waals surface area contributed by atoms with E-state index >= 15 is 0 Å². The third-order valence-electron chi connectivity index (χ3n) is 1.52. The van der Waals surface area contributed by atoms with Crippen LogP contribution in [0.1, 0.15) is 6.42 Å². The van der Waals surface area contributed by atoms with Crippen molar-refractivity contribution in [3.63, 3.8) is 0 Å². The van der Waals surface area contributed by atoms with Crippen LogP contribution in [-0.2, 0) is 14.4 Å². The molecule has 5 nitrogen and oxygen atoms in total. The number of rotatable bonds is 4. The van der Waals surface area contributed by atoms with Gasteiger partial charge in [0.2, 0.25) is 0 Å². The van der Waals surface area contributed by atoms with Gasteiger partial charge in [-0.15, -0.1) is 0 Å². The van der Waals surface area contributed by atoms with Crippen molar-refractivity contribution >= 4 is 5.91 Å². The van der Waals surface area contributed by atoms with Crippen LogP contribution < -0.4 is 5.73 Å². The highest BCUT2D eigenvalue weighted by Gasteiger charge is 2.18. The first kappa shape index (κ1) is 9.44. The van der Waals surface area contributed by atoms with E-state index in [9.17, 15) is 4.79 Å². The number of hydrogen-bond donors (Lipinski definition) is 1. The Morgan fingerprint density at radius 1 is 1.67 bits per heavy atom. The Bertz CT molecular complexity index is 146. The largest absolute Gasteiger partial charge is 0.370 e. The molecule has 0 aromatic heterocycles. The summed E-state index contributed by atoms with van der Waals surface area (Å²) in [7, 11) is 0. The summed E-state index contributed by atoms with van der Waals surface area (Å²) in [6, 6.07) is 0. The first-order chi connectivity index (χ1) is 5.84. The topological polar surface area (TPSA) is 64.8 Å². The Kier molecular flexibility index (Phi) is 3.99. The van der Waals surface area contributed by atoms with Crippen molar-refractivity contribution in [1.29, 1.82) is 0 Å². The molecule has 1 aliphatic heterocycles. The molecule has 0 bridgehead atoms. The molecule has 0 unspecified atom stereocenters. The molecule has 0 aromatic carbocycles. The van der Waals surface area contributed by atoms with E-state index < -0.39 is 0 Å². The van der Waals surface area contributed by atoms with Crippen LogP contribution in [0.4, 0.5) is 0 Å². The van der Waals surface area contributed by atoms with E-state index in [1.807, 2.05) is 0 Å². The molecule has 5 heteroatoms. The van der Waals surface area contributed by atoms with Crippen LogP contribution in [0.25, 0.3) is 0 Å². The molecule has 0 radical (unpaired) electrons. The van der Waals surface area contributed by atoms with Gasteiger partial charge in [-0.25, -0.2) is 5.06 Å². The van der Waals surface area contributed by atoms with Gasteiger partial charge in [0.25, 0.3) is 5.91 Å². The van der Waals surface area contributed by atoms with Crippen molar-refractivity contribution in [2.45, 2.75) is 6.42 Å². The second kappa shape index (κ2) is 5.08. The molecule has 1 aliphatic rings. The summed E-state index contributed by atoms with van der Waals surface area (Å²) in [4.78, 5) is 16.2. The smallest absolute Gasteiger partial charge is 0.272 e. The molecule has 1 fully saturated rings. The Morgan fingerprint density at radius 2 is 2.50 bits per heavy atom. The van der Waals surface area contributed by atoms with Gasteiger partial charge in [0.05, 0.1) is 19.8 Å². The second-order valence-corrected chi connectivity index (χ2v) is 2.52. The summed E-state index contributed by atoms with van der Waals surface area (Å²) < 4.78 is 4.96. The molecule has 0 aromatic rings. The number of ether oxygens (including phenoxy) is 1. The second-order valence-electron chi connectivity index (χ2n) is 2.52. The number of nitrogens with zero attached hydrogens (tertiary/aromatic N) is 1. The van der Waals surface area contributed by atoms with Crippen molar-refractivity contribution in [2.24, 2.45) is 5.73 Å². The predicted molar refractivity (Wildman–Crippen MR) is 42.2 cm³/mol. The van der Waals surface area contributed by atoms with E-state index in [1.54, 1.807) is 0 Å². The molecule has 0 saturated carbocycles. The number of amides is 1. The Morgan fingerprint density at radius 3 is 3.08 bits per heavy atom. The van der Waals surface area contributed by atoms with Gasteiger partial charge in [-0.1, -0.05) is 0 Å². The normalized spacial score (nSPS) is 16.9. The minimum atomic E-state index is -0.124. The van der Waals surface area contributed by atoms with Crippen molar-refractivity contribution in [3.8, 4) is 0 Å². The van der Waals surface area contributed by atoms with E-state index in [1.165, 1.54) is 5.06 Å². The van der Waals surface area contributed by atoms with Crippen LogP contribution in [0.5, 0.6) is 0 Å². The molecular formula is C7H14N2O3. The van der Waals surface area contributed by atoms with Gasteiger partial charge in [-0.2, -0.15) is 0 Å². The minimum absolute atomic E-state index is 0.0667. The maximum Gasteiger partial charge on any atom is 0.272 e. The van der Waals surface area contributed by atoms with E-state index in [2.05, 4.69) is 0 Å². The van der Waals surface area contributed by atoms with Gasteiger partial charge in [0, 0.05) is 6.54 Å². The molecule has 0 spiro atoms. The molecule has 1 heterocycles. The Labute approximate surface area is 71.4 Å². The average molecular weight is 174 g/mol. The first-order valence-corrected chi connectivity index (χ1v) is 4.05. The number of hydrogen-bond acceptors (Lipinski definition) is 4. The molecule has 12 heavy (non-hydrogen) atoms. The minimum Gasteiger partial charge on any atom is -0.370 e. The van der Waals surface area contributed by atoms with Crippen LogP contribution >= 0.6 is 0 Å². The fraction of sp³-hybridized carbons (Fsp3) is 0.857. The highest BCUT2D eigenvalue weighted by Crippen LogP contribution is 2.03. The summed E-state index contributed by atoms with van der Waals surface area (Å²) in [6.45, 7) is 2.22. The quantitative estimate of drug-likeness (QED) is 0.562. The zero-order valence-electron chi connectivity index (χ0n) is 6.99. The molecule has 0 atom stereocenters. The SMILES string of the molecule is NCCOCC(=O)N1CCCO1. The van der Waals surface area contributed by atoms with Crippen molar-refractivity contribution in [3.05, 3.63) is 0 Å². The summed E-state index contributed by atoms with van der Waals surface area (Å²) in [5.74, 6) is -0.124. The van der Waals surface area contributed by atoms with Gasteiger partial charge in [-0.05, 0) is 6.42 Å². The number of carbonyl (C=O) groups is 1. The molecule has 70 valence electrons. The van der Waals surface area contributed by atoms with Crippen molar-refractivity contribution in [2.75, 3.05) is 32.9 Å². The van der Waals surface area contributed by atoms with Gasteiger partial charge in [0.15, 0.2) is 0 Å². The monoisotopic (exact) mass is 174 g/mol. The molecule has 2 N–H and O–H groups in total. The number of carbonyl (C=O) groups excluding carboxylic acids is 1. The summed E-state index contributed by atoms with van der Waals surface area (Å²) in [5.41, 5.74) is 5.19. The van der Waals surface area contributed by atoms with E-state index in [0.29, 0.717) is 26.3 Å². The van der Waals surface area contributed by atoms with Gasteiger partial charge >= 0.3 is 0 Å². The lowest BCUT2D eigenvalue weighted by atomic mass is 10.5. The fourth-order valence-corrected chi connectivity index (χ4v) is 0.959. The highest BCUT2D eigenvalue weighted by atomic mass is 16.7.